The lowest BCUT2D eigenvalue weighted by Gasteiger charge is -2.23. The molecule has 1 aliphatic rings. The van der Waals surface area contributed by atoms with Crippen molar-refractivity contribution in [3.63, 3.8) is 0 Å². The Kier molecular flexibility index (Phi) is 12.8. The first-order chi connectivity index (χ1) is 14.7. The van der Waals surface area contributed by atoms with Gasteiger partial charge in [-0.2, -0.15) is 0 Å². The molecular weight excluding hydrogens is 400 g/mol. The molecule has 7 nitrogen and oxygen atoms in total. The molecule has 1 aliphatic carbocycles. The minimum atomic E-state index is -0.814. The highest BCUT2D eigenvalue weighted by Gasteiger charge is 2.45. The Labute approximate surface area is 185 Å². The number of carbonyl (C=O) groups is 3. The molecule has 1 rings (SSSR count). The zero-order chi connectivity index (χ0) is 23.2. The number of carboxylic acid groups (broad SMARTS) is 1. The van der Waals surface area contributed by atoms with Crippen LogP contribution in [-0.2, 0) is 23.9 Å². The van der Waals surface area contributed by atoms with E-state index in [0.29, 0.717) is 32.1 Å². The molecule has 0 amide bonds. The molecule has 176 valence electrons. The number of aliphatic hydroxyl groups is 1. The summed E-state index contributed by atoms with van der Waals surface area (Å²) in [6.45, 7) is 4.83. The molecule has 2 N–H and O–H groups in total. The van der Waals surface area contributed by atoms with Crippen molar-refractivity contribution in [3.8, 4) is 0 Å². The number of rotatable bonds is 14. The Morgan fingerprint density at radius 2 is 1.71 bits per heavy atom. The van der Waals surface area contributed by atoms with Crippen LogP contribution >= 0.6 is 0 Å². The average molecular weight is 439 g/mol. The molecule has 0 aromatic carbocycles. The van der Waals surface area contributed by atoms with Crippen LogP contribution in [0.1, 0.15) is 78.6 Å². The Hall–Kier alpha value is -2.15. The molecule has 0 aliphatic heterocycles. The number of unbranched alkanes of at least 4 members (excludes halogenated alkanes) is 3. The number of allylic oxidation sites excluding steroid dienone is 2. The Morgan fingerprint density at radius 3 is 2.32 bits per heavy atom. The van der Waals surface area contributed by atoms with E-state index in [-0.39, 0.29) is 24.2 Å². The molecule has 5 atom stereocenters. The topological polar surface area (TPSA) is 110 Å². The molecule has 1 saturated carbocycles. The summed E-state index contributed by atoms with van der Waals surface area (Å²) < 4.78 is 11.0. The fourth-order valence-corrected chi connectivity index (χ4v) is 4.05. The van der Waals surface area contributed by atoms with Gasteiger partial charge in [0.1, 0.15) is 12.2 Å². The summed E-state index contributed by atoms with van der Waals surface area (Å²) in [5.74, 6) is -1.86. The summed E-state index contributed by atoms with van der Waals surface area (Å²) in [6, 6.07) is 0. The minimum absolute atomic E-state index is 0.0944. The number of carboxylic acids is 1. The van der Waals surface area contributed by atoms with Crippen LogP contribution < -0.4 is 0 Å². The fraction of sp³-hybridized carbons (Fsp3) is 0.708. The van der Waals surface area contributed by atoms with Gasteiger partial charge in [-0.3, -0.25) is 14.4 Å². The van der Waals surface area contributed by atoms with Crippen LogP contribution in [0.15, 0.2) is 24.3 Å². The number of aliphatic carboxylic acids is 1. The van der Waals surface area contributed by atoms with Gasteiger partial charge >= 0.3 is 17.9 Å². The smallest absolute Gasteiger partial charge is 0.303 e. The SMILES string of the molecule is CCCCC[C@H](O)/C=C/[C@@H]1[C@@H](C/C=C/CCCC(=O)O)[C@@H](OC(C)=O)C[C@H]1OC(C)=O. The van der Waals surface area contributed by atoms with Crippen molar-refractivity contribution in [1.29, 1.82) is 0 Å². The lowest BCUT2D eigenvalue weighted by atomic mass is 9.89. The summed E-state index contributed by atoms with van der Waals surface area (Å²) in [6.07, 6.45) is 12.3. The molecule has 0 aromatic rings. The van der Waals surface area contributed by atoms with Crippen molar-refractivity contribution in [2.24, 2.45) is 11.8 Å². The minimum Gasteiger partial charge on any atom is -0.481 e. The van der Waals surface area contributed by atoms with Gasteiger partial charge in [0.25, 0.3) is 0 Å². The maximum absolute atomic E-state index is 11.6. The average Bonchev–Trinajstić information content (AvgIpc) is 2.97. The van der Waals surface area contributed by atoms with E-state index >= 15 is 0 Å². The molecule has 0 saturated heterocycles. The highest BCUT2D eigenvalue weighted by Crippen LogP contribution is 2.40. The summed E-state index contributed by atoms with van der Waals surface area (Å²) >= 11 is 0. The third kappa shape index (κ3) is 11.2. The van der Waals surface area contributed by atoms with E-state index in [9.17, 15) is 19.5 Å². The third-order valence-electron chi connectivity index (χ3n) is 5.50. The first-order valence-corrected chi connectivity index (χ1v) is 11.3. The number of ether oxygens (including phenoxy) is 2. The fourth-order valence-electron chi connectivity index (χ4n) is 4.05. The van der Waals surface area contributed by atoms with Gasteiger partial charge in [0.15, 0.2) is 0 Å². The highest BCUT2D eigenvalue weighted by molar-refractivity contribution is 5.67. The second-order valence-electron chi connectivity index (χ2n) is 8.21. The molecule has 1 fully saturated rings. The van der Waals surface area contributed by atoms with Crippen LogP contribution in [0.25, 0.3) is 0 Å². The van der Waals surface area contributed by atoms with Crippen LogP contribution in [-0.4, -0.2) is 46.4 Å². The molecule has 0 aromatic heterocycles. The van der Waals surface area contributed by atoms with Crippen LogP contribution in [0.5, 0.6) is 0 Å². The number of hydrogen-bond donors (Lipinski definition) is 2. The predicted molar refractivity (Wildman–Crippen MR) is 117 cm³/mol. The van der Waals surface area contributed by atoms with E-state index in [2.05, 4.69) is 6.92 Å². The van der Waals surface area contributed by atoms with Gasteiger partial charge in [0.05, 0.1) is 6.10 Å². The van der Waals surface area contributed by atoms with Gasteiger partial charge in [-0.05, 0) is 25.7 Å². The summed E-state index contributed by atoms with van der Waals surface area (Å²) in [4.78, 5) is 33.8. The van der Waals surface area contributed by atoms with Gasteiger partial charge < -0.3 is 19.7 Å². The Bertz CT molecular complexity index is 625. The number of aliphatic hydroxyl groups excluding tert-OH is 1. The maximum Gasteiger partial charge on any atom is 0.303 e. The first-order valence-electron chi connectivity index (χ1n) is 11.3. The van der Waals surface area contributed by atoms with E-state index < -0.39 is 30.3 Å². The molecule has 0 spiro atoms. The van der Waals surface area contributed by atoms with Crippen molar-refractivity contribution < 1.29 is 34.1 Å². The van der Waals surface area contributed by atoms with Gasteiger partial charge in [0, 0.05) is 38.5 Å². The highest BCUT2D eigenvalue weighted by atomic mass is 16.6. The Morgan fingerprint density at radius 1 is 1.03 bits per heavy atom. The second-order valence-corrected chi connectivity index (χ2v) is 8.21. The Balaban J connectivity index is 2.89. The van der Waals surface area contributed by atoms with E-state index in [4.69, 9.17) is 14.6 Å². The maximum atomic E-state index is 11.6. The first kappa shape index (κ1) is 26.9. The second kappa shape index (κ2) is 14.8. The van der Waals surface area contributed by atoms with Gasteiger partial charge in [-0.15, -0.1) is 0 Å². The summed E-state index contributed by atoms with van der Waals surface area (Å²) in [5.41, 5.74) is 0. The lowest BCUT2D eigenvalue weighted by molar-refractivity contribution is -0.149. The van der Waals surface area contributed by atoms with E-state index in [1.165, 1.54) is 13.8 Å². The lowest BCUT2D eigenvalue weighted by Crippen LogP contribution is -2.25. The molecule has 0 heterocycles. The van der Waals surface area contributed by atoms with Crippen LogP contribution in [0.2, 0.25) is 0 Å². The van der Waals surface area contributed by atoms with Crippen molar-refractivity contribution in [2.75, 3.05) is 0 Å². The molecular formula is C24H38O7. The zero-order valence-corrected chi connectivity index (χ0v) is 19.0. The predicted octanol–water partition coefficient (Wildman–Crippen LogP) is 4.18. The zero-order valence-electron chi connectivity index (χ0n) is 19.0. The molecule has 31 heavy (non-hydrogen) atoms. The largest absolute Gasteiger partial charge is 0.481 e. The van der Waals surface area contributed by atoms with Crippen LogP contribution in [0.3, 0.4) is 0 Å². The third-order valence-corrected chi connectivity index (χ3v) is 5.50. The van der Waals surface area contributed by atoms with E-state index in [1.807, 2.05) is 18.2 Å². The summed E-state index contributed by atoms with van der Waals surface area (Å²) in [7, 11) is 0. The van der Waals surface area contributed by atoms with Gasteiger partial charge in [0.2, 0.25) is 0 Å². The van der Waals surface area contributed by atoms with E-state index in [0.717, 1.165) is 19.3 Å². The molecule has 0 bridgehead atoms. The monoisotopic (exact) mass is 438 g/mol. The standard InChI is InChI=1S/C24H38O7/c1-4-5-8-11-19(27)14-15-21-20(12-9-6-7-10-13-24(28)29)22(30-17(2)25)16-23(21)31-18(3)26/h6,9,14-15,19-23,27H,4-5,7-8,10-13,16H2,1-3H3,(H,28,29)/b9-6+,15-14+/t19-,20+,21+,22-,23+/m0/s1. The normalized spacial score (nSPS) is 24.5. The number of hydrogen-bond acceptors (Lipinski definition) is 6. The van der Waals surface area contributed by atoms with Crippen molar-refractivity contribution in [1.82, 2.24) is 0 Å². The van der Waals surface area contributed by atoms with Crippen molar-refractivity contribution in [3.05, 3.63) is 24.3 Å². The molecule has 0 radical (unpaired) electrons. The van der Waals surface area contributed by atoms with Crippen LogP contribution in [0.4, 0.5) is 0 Å². The summed E-state index contributed by atoms with van der Waals surface area (Å²) in [5, 5.41) is 19.0. The number of esters is 2. The molecule has 7 heteroatoms. The van der Waals surface area contributed by atoms with Crippen molar-refractivity contribution >= 4 is 17.9 Å². The van der Waals surface area contributed by atoms with Crippen molar-refractivity contribution in [2.45, 2.75) is 96.9 Å². The quantitative estimate of drug-likeness (QED) is 0.238. The van der Waals surface area contributed by atoms with E-state index in [1.54, 1.807) is 6.08 Å². The van der Waals surface area contributed by atoms with Crippen LogP contribution in [0, 0.1) is 11.8 Å². The van der Waals surface area contributed by atoms with Gasteiger partial charge in [-0.1, -0.05) is 50.5 Å². The molecule has 0 unspecified atom stereocenters. The van der Waals surface area contributed by atoms with Gasteiger partial charge in [-0.25, -0.2) is 0 Å². The number of carbonyl (C=O) groups excluding carboxylic acids is 2.